The van der Waals surface area contributed by atoms with Crippen LogP contribution in [0.4, 0.5) is 4.79 Å². The zero-order valence-corrected chi connectivity index (χ0v) is 13.7. The van der Waals surface area contributed by atoms with E-state index in [2.05, 4.69) is 0 Å². The summed E-state index contributed by atoms with van der Waals surface area (Å²) in [6.07, 6.45) is -1.75. The SMILES string of the molecule is CC(C)(C)[C@]1(C(=O)O)CN(C(=O)OCc2ccccc2)C[C@H]1O. The number of hydrogen-bond donors (Lipinski definition) is 2. The molecule has 0 bridgehead atoms. The fourth-order valence-corrected chi connectivity index (χ4v) is 3.05. The Balaban J connectivity index is 2.08. The number of aliphatic carboxylic acids is 1. The van der Waals surface area contributed by atoms with Crippen molar-refractivity contribution in [1.82, 2.24) is 4.90 Å². The van der Waals surface area contributed by atoms with Gasteiger partial charge in [-0.15, -0.1) is 0 Å². The number of carbonyl (C=O) groups is 2. The van der Waals surface area contributed by atoms with Crippen molar-refractivity contribution in [2.75, 3.05) is 13.1 Å². The molecular formula is C17H23NO5. The minimum Gasteiger partial charge on any atom is -0.481 e. The number of carboxylic acid groups (broad SMARTS) is 1. The van der Waals surface area contributed by atoms with Crippen LogP contribution in [0.2, 0.25) is 0 Å². The number of nitrogens with zero attached hydrogens (tertiary/aromatic N) is 1. The van der Waals surface area contributed by atoms with Crippen LogP contribution in [-0.2, 0) is 16.1 Å². The average Bonchev–Trinajstić information content (AvgIpc) is 2.84. The number of hydrogen-bond acceptors (Lipinski definition) is 4. The van der Waals surface area contributed by atoms with Crippen molar-refractivity contribution < 1.29 is 24.5 Å². The molecule has 1 saturated heterocycles. The predicted molar refractivity (Wildman–Crippen MR) is 83.7 cm³/mol. The summed E-state index contributed by atoms with van der Waals surface area (Å²) in [6, 6.07) is 9.23. The van der Waals surface area contributed by atoms with E-state index in [0.717, 1.165) is 5.56 Å². The summed E-state index contributed by atoms with van der Waals surface area (Å²) in [5.41, 5.74) is -1.26. The maximum absolute atomic E-state index is 12.2. The minimum atomic E-state index is -1.40. The van der Waals surface area contributed by atoms with Crippen LogP contribution in [0.25, 0.3) is 0 Å². The van der Waals surface area contributed by atoms with E-state index in [1.54, 1.807) is 20.8 Å². The van der Waals surface area contributed by atoms with E-state index in [1.807, 2.05) is 30.3 Å². The van der Waals surface area contributed by atoms with E-state index in [1.165, 1.54) is 4.90 Å². The van der Waals surface area contributed by atoms with Crippen molar-refractivity contribution in [3.63, 3.8) is 0 Å². The molecule has 1 heterocycles. The summed E-state index contributed by atoms with van der Waals surface area (Å²) in [7, 11) is 0. The number of ether oxygens (including phenoxy) is 1. The number of amides is 1. The van der Waals surface area contributed by atoms with Gasteiger partial charge in [-0.25, -0.2) is 4.79 Å². The van der Waals surface area contributed by atoms with Gasteiger partial charge in [0.05, 0.1) is 12.6 Å². The highest BCUT2D eigenvalue weighted by molar-refractivity contribution is 5.79. The summed E-state index contributed by atoms with van der Waals surface area (Å²) in [5, 5.41) is 20.0. The Kier molecular flexibility index (Phi) is 4.66. The predicted octanol–water partition coefficient (Wildman–Crippen LogP) is 2.12. The highest BCUT2D eigenvalue weighted by Gasteiger charge is 2.60. The molecule has 1 aliphatic heterocycles. The van der Waals surface area contributed by atoms with Crippen molar-refractivity contribution in [1.29, 1.82) is 0 Å². The minimum absolute atomic E-state index is 0.0445. The summed E-state index contributed by atoms with van der Waals surface area (Å²) in [6.45, 7) is 5.26. The first kappa shape index (κ1) is 17.3. The van der Waals surface area contributed by atoms with Gasteiger partial charge >= 0.3 is 12.1 Å². The molecule has 2 rings (SSSR count). The van der Waals surface area contributed by atoms with E-state index in [-0.39, 0.29) is 19.7 Å². The lowest BCUT2D eigenvalue weighted by Gasteiger charge is -2.39. The number of benzene rings is 1. The van der Waals surface area contributed by atoms with Gasteiger partial charge in [0.1, 0.15) is 12.0 Å². The Morgan fingerprint density at radius 1 is 1.30 bits per heavy atom. The lowest BCUT2D eigenvalue weighted by atomic mass is 9.64. The van der Waals surface area contributed by atoms with Gasteiger partial charge in [0, 0.05) is 6.54 Å². The second kappa shape index (κ2) is 6.20. The number of likely N-dealkylation sites (tertiary alicyclic amines) is 1. The van der Waals surface area contributed by atoms with Gasteiger partial charge in [-0.1, -0.05) is 51.1 Å². The number of rotatable bonds is 3. The second-order valence-corrected chi connectivity index (χ2v) is 6.96. The molecule has 1 aliphatic rings. The second-order valence-electron chi connectivity index (χ2n) is 6.96. The van der Waals surface area contributed by atoms with Crippen LogP contribution in [0, 0.1) is 10.8 Å². The third-order valence-corrected chi connectivity index (χ3v) is 4.59. The molecule has 1 amide bonds. The first-order valence-corrected chi connectivity index (χ1v) is 7.55. The van der Waals surface area contributed by atoms with E-state index in [4.69, 9.17) is 4.74 Å². The third kappa shape index (κ3) is 3.17. The van der Waals surface area contributed by atoms with Gasteiger partial charge in [-0.2, -0.15) is 0 Å². The van der Waals surface area contributed by atoms with Crippen LogP contribution < -0.4 is 0 Å². The van der Waals surface area contributed by atoms with Gasteiger partial charge in [-0.05, 0) is 11.0 Å². The Labute approximate surface area is 135 Å². The van der Waals surface area contributed by atoms with Gasteiger partial charge in [0.15, 0.2) is 0 Å². The molecule has 0 aliphatic carbocycles. The summed E-state index contributed by atoms with van der Waals surface area (Å²) in [4.78, 5) is 25.3. The zero-order chi connectivity index (χ0) is 17.3. The molecule has 6 heteroatoms. The first-order chi connectivity index (χ1) is 10.7. The van der Waals surface area contributed by atoms with Crippen LogP contribution in [0.1, 0.15) is 26.3 Å². The molecule has 0 radical (unpaired) electrons. The van der Waals surface area contributed by atoms with Gasteiger partial charge in [0.25, 0.3) is 0 Å². The highest BCUT2D eigenvalue weighted by atomic mass is 16.6. The molecule has 1 fully saturated rings. The standard InChI is InChI=1S/C17H23NO5/c1-16(2,3)17(14(20)21)11-18(9-13(17)19)15(22)23-10-12-7-5-4-6-8-12/h4-8,13,19H,9-11H2,1-3H3,(H,20,21)/t13-,17-/m1/s1. The molecule has 126 valence electrons. The topological polar surface area (TPSA) is 87.1 Å². The van der Waals surface area contributed by atoms with Crippen LogP contribution in [-0.4, -0.2) is 46.4 Å². The fraction of sp³-hybridized carbons (Fsp3) is 0.529. The van der Waals surface area contributed by atoms with Crippen LogP contribution >= 0.6 is 0 Å². The molecule has 2 atom stereocenters. The number of β-amino-alcohol motifs (C(OH)–C–C–N with tert-alkyl or cyclic N) is 1. The number of carboxylic acids is 1. The van der Waals surface area contributed by atoms with Crippen LogP contribution in [0.15, 0.2) is 30.3 Å². The fourth-order valence-electron chi connectivity index (χ4n) is 3.05. The molecule has 23 heavy (non-hydrogen) atoms. The summed E-state index contributed by atoms with van der Waals surface area (Å²) < 4.78 is 5.23. The van der Waals surface area contributed by atoms with E-state index in [0.29, 0.717) is 0 Å². The van der Waals surface area contributed by atoms with Gasteiger partial charge in [-0.3, -0.25) is 4.79 Å². The molecule has 0 spiro atoms. The Bertz CT molecular complexity index is 580. The van der Waals surface area contributed by atoms with Crippen molar-refractivity contribution >= 4 is 12.1 Å². The maximum atomic E-state index is 12.2. The third-order valence-electron chi connectivity index (χ3n) is 4.59. The monoisotopic (exact) mass is 321 g/mol. The molecule has 2 N–H and O–H groups in total. The maximum Gasteiger partial charge on any atom is 0.410 e. The Hall–Kier alpha value is -2.08. The summed E-state index contributed by atoms with van der Waals surface area (Å²) >= 11 is 0. The Morgan fingerprint density at radius 2 is 1.91 bits per heavy atom. The highest BCUT2D eigenvalue weighted by Crippen LogP contribution is 2.46. The van der Waals surface area contributed by atoms with Crippen LogP contribution in [0.5, 0.6) is 0 Å². The molecule has 1 aromatic rings. The van der Waals surface area contributed by atoms with E-state index >= 15 is 0 Å². The molecule has 1 aromatic carbocycles. The van der Waals surface area contributed by atoms with Crippen molar-refractivity contribution in [3.05, 3.63) is 35.9 Å². The molecule has 0 unspecified atom stereocenters. The van der Waals surface area contributed by atoms with Gasteiger partial charge in [0.2, 0.25) is 0 Å². The van der Waals surface area contributed by atoms with Crippen molar-refractivity contribution in [3.8, 4) is 0 Å². The van der Waals surface area contributed by atoms with Crippen molar-refractivity contribution in [2.45, 2.75) is 33.5 Å². The molecule has 0 saturated carbocycles. The molecule has 6 nitrogen and oxygen atoms in total. The molecule has 0 aromatic heterocycles. The number of carbonyl (C=O) groups excluding carboxylic acids is 1. The largest absolute Gasteiger partial charge is 0.481 e. The first-order valence-electron chi connectivity index (χ1n) is 7.55. The Morgan fingerprint density at radius 3 is 2.39 bits per heavy atom. The lowest BCUT2D eigenvalue weighted by Crippen LogP contribution is -2.51. The average molecular weight is 321 g/mol. The van der Waals surface area contributed by atoms with E-state index < -0.39 is 29.0 Å². The van der Waals surface area contributed by atoms with Crippen molar-refractivity contribution in [2.24, 2.45) is 10.8 Å². The normalized spacial score (nSPS) is 24.5. The lowest BCUT2D eigenvalue weighted by molar-refractivity contribution is -0.162. The van der Waals surface area contributed by atoms with Crippen LogP contribution in [0.3, 0.4) is 0 Å². The zero-order valence-electron chi connectivity index (χ0n) is 13.7. The van der Waals surface area contributed by atoms with E-state index in [9.17, 15) is 19.8 Å². The smallest absolute Gasteiger partial charge is 0.410 e. The number of aliphatic hydroxyl groups is 1. The quantitative estimate of drug-likeness (QED) is 0.890. The number of aliphatic hydroxyl groups excluding tert-OH is 1. The summed E-state index contributed by atoms with van der Waals surface area (Å²) in [5.74, 6) is -1.10. The van der Waals surface area contributed by atoms with Gasteiger partial charge < -0.3 is 19.8 Å². The molecular weight excluding hydrogens is 298 g/mol.